The molecule has 8 unspecified atom stereocenters. The van der Waals surface area contributed by atoms with Gasteiger partial charge in [0.1, 0.15) is 5.60 Å². The molecule has 0 aromatic carbocycles. The van der Waals surface area contributed by atoms with E-state index in [0.717, 1.165) is 25.7 Å². The monoisotopic (exact) mass is 346 g/mol. The highest BCUT2D eigenvalue weighted by Gasteiger charge is 2.83. The van der Waals surface area contributed by atoms with Gasteiger partial charge in [0, 0.05) is 11.8 Å². The summed E-state index contributed by atoms with van der Waals surface area (Å²) in [5.74, 6) is -0.707. The van der Waals surface area contributed by atoms with E-state index in [1.165, 1.54) is 12.7 Å². The second-order valence-corrected chi connectivity index (χ2v) is 9.29. The normalized spacial score (nSPS) is 55.6. The first-order chi connectivity index (χ1) is 11.8. The minimum Gasteiger partial charge on any atom is -0.469 e. The summed E-state index contributed by atoms with van der Waals surface area (Å²) in [4.78, 5) is 25.8. The number of methoxy groups -OCH3 is 1. The van der Waals surface area contributed by atoms with Crippen LogP contribution < -0.4 is 0 Å². The molecule has 1 spiro atoms. The van der Waals surface area contributed by atoms with E-state index >= 15 is 0 Å². The minimum absolute atomic E-state index is 0.0191. The molecular formula is C20H26O5. The highest BCUT2D eigenvalue weighted by molar-refractivity contribution is 5.85. The largest absolute Gasteiger partial charge is 0.469 e. The Morgan fingerprint density at radius 3 is 2.84 bits per heavy atom. The van der Waals surface area contributed by atoms with Crippen LogP contribution in [0.3, 0.4) is 0 Å². The second-order valence-electron chi connectivity index (χ2n) is 9.29. The summed E-state index contributed by atoms with van der Waals surface area (Å²) >= 11 is 0. The summed E-state index contributed by atoms with van der Waals surface area (Å²) in [6.45, 7) is 6.21. The van der Waals surface area contributed by atoms with Crippen molar-refractivity contribution in [2.24, 2.45) is 34.5 Å². The van der Waals surface area contributed by atoms with Crippen LogP contribution in [0.25, 0.3) is 0 Å². The van der Waals surface area contributed by atoms with Crippen molar-refractivity contribution < 1.29 is 24.2 Å². The van der Waals surface area contributed by atoms with Crippen molar-refractivity contribution in [2.75, 3.05) is 7.11 Å². The van der Waals surface area contributed by atoms with Crippen LogP contribution in [0.2, 0.25) is 0 Å². The molecule has 0 aromatic rings. The van der Waals surface area contributed by atoms with Crippen molar-refractivity contribution in [3.05, 3.63) is 12.2 Å². The van der Waals surface area contributed by atoms with Crippen molar-refractivity contribution >= 4 is 11.9 Å². The number of hydrogen-bond donors (Lipinski definition) is 1. The maximum Gasteiger partial charge on any atom is 0.312 e. The lowest BCUT2D eigenvalue weighted by Crippen LogP contribution is -2.56. The molecule has 5 rings (SSSR count). The van der Waals surface area contributed by atoms with Crippen LogP contribution >= 0.6 is 0 Å². The molecule has 4 aliphatic carbocycles. The van der Waals surface area contributed by atoms with Crippen molar-refractivity contribution in [1.29, 1.82) is 0 Å². The first kappa shape index (κ1) is 15.9. The number of fused-ring (bicyclic) bond motifs is 1. The molecule has 5 nitrogen and oxygen atoms in total. The van der Waals surface area contributed by atoms with Gasteiger partial charge in [-0.1, -0.05) is 12.2 Å². The number of aliphatic hydroxyl groups excluding tert-OH is 1. The molecule has 1 aliphatic heterocycles. The molecule has 5 heteroatoms. The number of ether oxygens (including phenoxy) is 2. The van der Waals surface area contributed by atoms with Crippen LogP contribution in [-0.2, 0) is 19.1 Å². The van der Waals surface area contributed by atoms with Gasteiger partial charge in [-0.15, -0.1) is 0 Å². The summed E-state index contributed by atoms with van der Waals surface area (Å²) in [7, 11) is 1.43. The molecule has 4 saturated carbocycles. The third kappa shape index (κ3) is 1.48. The van der Waals surface area contributed by atoms with Gasteiger partial charge in [0.05, 0.1) is 24.5 Å². The lowest BCUT2D eigenvalue weighted by Gasteiger charge is -2.46. The Balaban J connectivity index is 1.76. The third-order valence-electron chi connectivity index (χ3n) is 8.58. The molecule has 136 valence electrons. The van der Waals surface area contributed by atoms with E-state index in [-0.39, 0.29) is 29.2 Å². The highest BCUT2D eigenvalue weighted by Crippen LogP contribution is 2.77. The highest BCUT2D eigenvalue weighted by atomic mass is 16.6. The Labute approximate surface area is 147 Å². The van der Waals surface area contributed by atoms with Gasteiger partial charge in [-0.3, -0.25) is 9.59 Å². The van der Waals surface area contributed by atoms with E-state index < -0.39 is 23.0 Å². The van der Waals surface area contributed by atoms with Crippen molar-refractivity contribution in [1.82, 2.24) is 0 Å². The number of allylic oxidation sites excluding steroid dienone is 1. The van der Waals surface area contributed by atoms with E-state index in [1.807, 2.05) is 6.92 Å². The van der Waals surface area contributed by atoms with Crippen molar-refractivity contribution in [2.45, 2.75) is 57.2 Å². The average molecular weight is 346 g/mol. The van der Waals surface area contributed by atoms with Crippen molar-refractivity contribution in [3.63, 3.8) is 0 Å². The van der Waals surface area contributed by atoms with E-state index in [2.05, 4.69) is 6.58 Å². The van der Waals surface area contributed by atoms with Gasteiger partial charge in [-0.2, -0.15) is 0 Å². The van der Waals surface area contributed by atoms with Crippen molar-refractivity contribution in [3.8, 4) is 0 Å². The Morgan fingerprint density at radius 1 is 1.36 bits per heavy atom. The van der Waals surface area contributed by atoms with Gasteiger partial charge in [0.2, 0.25) is 0 Å². The number of carbonyl (C=O) groups is 2. The Kier molecular flexibility index (Phi) is 2.84. The van der Waals surface area contributed by atoms with E-state index in [9.17, 15) is 14.7 Å². The average Bonchev–Trinajstić information content (AvgIpc) is 3.05. The third-order valence-corrected chi connectivity index (χ3v) is 8.58. The number of carbonyl (C=O) groups excluding carboxylic acids is 2. The summed E-state index contributed by atoms with van der Waals surface area (Å²) in [6, 6.07) is 0. The fraction of sp³-hybridized carbons (Fsp3) is 0.800. The number of hydrogen-bond acceptors (Lipinski definition) is 5. The van der Waals surface area contributed by atoms with Gasteiger partial charge >= 0.3 is 11.9 Å². The SMILES string of the molecule is C=C1CC23CC1CCC2C12OC(=O)C(C)(CCC1O)C2C3C(=O)OC. The fourth-order valence-electron chi connectivity index (χ4n) is 7.74. The van der Waals surface area contributed by atoms with Crippen LogP contribution in [0, 0.1) is 34.5 Å². The second kappa shape index (κ2) is 4.48. The number of esters is 2. The number of aliphatic hydroxyl groups is 1. The minimum atomic E-state index is -0.918. The zero-order chi connectivity index (χ0) is 17.8. The molecule has 1 heterocycles. The first-order valence-electron chi connectivity index (χ1n) is 9.48. The molecule has 4 bridgehead atoms. The van der Waals surface area contributed by atoms with Gasteiger partial charge in [-0.25, -0.2) is 0 Å². The van der Waals surface area contributed by atoms with Crippen LogP contribution in [-0.4, -0.2) is 35.9 Å². The number of rotatable bonds is 1. The topological polar surface area (TPSA) is 72.8 Å². The molecule has 1 saturated heterocycles. The summed E-state index contributed by atoms with van der Waals surface area (Å²) in [5, 5.41) is 11.0. The van der Waals surface area contributed by atoms with Gasteiger partial charge < -0.3 is 14.6 Å². The molecule has 1 N–H and O–H groups in total. The Bertz CT molecular complexity index is 700. The predicted octanol–water partition coefficient (Wildman–Crippen LogP) is 2.22. The van der Waals surface area contributed by atoms with Crippen LogP contribution in [0.4, 0.5) is 0 Å². The lowest BCUT2D eigenvalue weighted by atomic mass is 9.59. The maximum absolute atomic E-state index is 13.0. The molecule has 5 aliphatic rings. The molecule has 0 radical (unpaired) electrons. The summed E-state index contributed by atoms with van der Waals surface area (Å²) in [6.07, 6.45) is 4.03. The van der Waals surface area contributed by atoms with Crippen LogP contribution in [0.1, 0.15) is 45.4 Å². The standard InChI is InChI=1S/C20H26O5/c1-10-8-19-9-11(10)4-5-12(19)20-13(21)6-7-18(2,17(23)25-20)15(20)14(19)16(22)24-3/h11-15,21H,1,4-9H2,2-3H3. The van der Waals surface area contributed by atoms with Crippen LogP contribution in [0.15, 0.2) is 12.2 Å². The predicted molar refractivity (Wildman–Crippen MR) is 88.2 cm³/mol. The summed E-state index contributed by atoms with van der Waals surface area (Å²) < 4.78 is 11.3. The molecule has 25 heavy (non-hydrogen) atoms. The fourth-order valence-corrected chi connectivity index (χ4v) is 7.74. The van der Waals surface area contributed by atoms with E-state index in [4.69, 9.17) is 9.47 Å². The molecule has 8 atom stereocenters. The van der Waals surface area contributed by atoms with Gasteiger partial charge in [0.15, 0.2) is 0 Å². The van der Waals surface area contributed by atoms with Crippen LogP contribution in [0.5, 0.6) is 0 Å². The molecule has 0 amide bonds. The van der Waals surface area contributed by atoms with Gasteiger partial charge in [0.25, 0.3) is 0 Å². The molecule has 5 fully saturated rings. The summed E-state index contributed by atoms with van der Waals surface area (Å²) in [5.41, 5.74) is -0.680. The Morgan fingerprint density at radius 2 is 2.12 bits per heavy atom. The van der Waals surface area contributed by atoms with E-state index in [1.54, 1.807) is 0 Å². The smallest absolute Gasteiger partial charge is 0.312 e. The Hall–Kier alpha value is -1.36. The lowest BCUT2D eigenvalue weighted by molar-refractivity contribution is -0.175. The van der Waals surface area contributed by atoms with E-state index in [0.29, 0.717) is 18.8 Å². The first-order valence-corrected chi connectivity index (χ1v) is 9.48. The zero-order valence-corrected chi connectivity index (χ0v) is 14.9. The quantitative estimate of drug-likeness (QED) is 0.582. The van der Waals surface area contributed by atoms with Gasteiger partial charge in [-0.05, 0) is 56.8 Å². The molecular weight excluding hydrogens is 320 g/mol. The zero-order valence-electron chi connectivity index (χ0n) is 14.9. The maximum atomic E-state index is 13.0. The molecule has 0 aromatic heterocycles.